The first kappa shape index (κ1) is 13.5. The topological polar surface area (TPSA) is 47.6 Å². The third-order valence-corrected chi connectivity index (χ3v) is 3.51. The van der Waals surface area contributed by atoms with E-state index in [-0.39, 0.29) is 5.91 Å². The van der Waals surface area contributed by atoms with Gasteiger partial charge in [0.2, 0.25) is 0 Å². The molecule has 0 unspecified atom stereocenters. The highest BCUT2D eigenvalue weighted by Crippen LogP contribution is 2.33. The Morgan fingerprint density at radius 1 is 1.24 bits per heavy atom. The molecule has 4 heteroatoms. The molecule has 0 spiro atoms. The Bertz CT molecular complexity index is 667. The highest BCUT2D eigenvalue weighted by atomic mass is 16.5. The molecule has 2 aromatic carbocycles. The van der Waals surface area contributed by atoms with Gasteiger partial charge in [0.05, 0.1) is 19.4 Å². The Balaban J connectivity index is 1.84. The zero-order valence-electron chi connectivity index (χ0n) is 11.9. The largest absolute Gasteiger partial charge is 0.497 e. The Hall–Kier alpha value is -2.49. The summed E-state index contributed by atoms with van der Waals surface area (Å²) in [7, 11) is 1.58. The molecule has 0 saturated carbocycles. The number of benzene rings is 2. The van der Waals surface area contributed by atoms with Gasteiger partial charge >= 0.3 is 0 Å². The zero-order valence-corrected chi connectivity index (χ0v) is 11.9. The average molecular weight is 283 g/mol. The molecule has 2 aromatic rings. The molecule has 0 atom stereocenters. The molecule has 1 aliphatic heterocycles. The summed E-state index contributed by atoms with van der Waals surface area (Å²) < 4.78 is 10.8. The van der Waals surface area contributed by atoms with Crippen LogP contribution < -0.4 is 14.8 Å². The predicted octanol–water partition coefficient (Wildman–Crippen LogP) is 3.27. The predicted molar refractivity (Wildman–Crippen MR) is 81.2 cm³/mol. The standard InChI is InChI=1S/C17H17NO3/c1-20-14-8-2-6-13(11-14)17(19)18-15-9-3-5-12-7-4-10-21-16(12)15/h2-3,5-6,8-9,11H,4,7,10H2,1H3,(H,18,19). The second-order valence-electron chi connectivity index (χ2n) is 4.93. The van der Waals surface area contributed by atoms with Crippen molar-refractivity contribution >= 4 is 11.6 Å². The number of carbonyl (C=O) groups excluding carboxylic acids is 1. The van der Waals surface area contributed by atoms with Crippen LogP contribution in [0.4, 0.5) is 5.69 Å². The lowest BCUT2D eigenvalue weighted by Crippen LogP contribution is -2.16. The molecule has 21 heavy (non-hydrogen) atoms. The molecule has 1 heterocycles. The summed E-state index contributed by atoms with van der Waals surface area (Å²) in [5.74, 6) is 1.28. The lowest BCUT2D eigenvalue weighted by molar-refractivity contribution is 0.102. The Morgan fingerprint density at radius 2 is 2.10 bits per heavy atom. The molecule has 0 bridgehead atoms. The number of methoxy groups -OCH3 is 1. The number of ether oxygens (including phenoxy) is 2. The monoisotopic (exact) mass is 283 g/mol. The Kier molecular flexibility index (Phi) is 3.77. The molecule has 108 valence electrons. The van der Waals surface area contributed by atoms with Gasteiger partial charge in [0.1, 0.15) is 11.5 Å². The molecule has 1 amide bonds. The third kappa shape index (κ3) is 2.84. The number of aryl methyl sites for hydroxylation is 1. The van der Waals surface area contributed by atoms with Crippen LogP contribution in [0.1, 0.15) is 22.3 Å². The lowest BCUT2D eigenvalue weighted by atomic mass is 10.1. The number of para-hydroxylation sites is 1. The van der Waals surface area contributed by atoms with E-state index in [0.717, 1.165) is 29.8 Å². The fourth-order valence-electron chi connectivity index (χ4n) is 2.45. The average Bonchev–Trinajstić information content (AvgIpc) is 2.55. The number of fused-ring (bicyclic) bond motifs is 1. The molecular weight excluding hydrogens is 266 g/mol. The van der Waals surface area contributed by atoms with Crippen molar-refractivity contribution in [1.29, 1.82) is 0 Å². The Morgan fingerprint density at radius 3 is 2.95 bits per heavy atom. The van der Waals surface area contributed by atoms with Gasteiger partial charge in [0, 0.05) is 5.56 Å². The van der Waals surface area contributed by atoms with Crippen LogP contribution in [0.2, 0.25) is 0 Å². The summed E-state index contributed by atoms with van der Waals surface area (Å²) in [4.78, 5) is 12.3. The fourth-order valence-corrected chi connectivity index (χ4v) is 2.45. The maximum absolute atomic E-state index is 12.3. The first-order chi connectivity index (χ1) is 10.3. The van der Waals surface area contributed by atoms with E-state index in [9.17, 15) is 4.79 Å². The van der Waals surface area contributed by atoms with Crippen molar-refractivity contribution in [1.82, 2.24) is 0 Å². The molecular formula is C17H17NO3. The van der Waals surface area contributed by atoms with Crippen LogP contribution in [0.25, 0.3) is 0 Å². The zero-order chi connectivity index (χ0) is 14.7. The maximum atomic E-state index is 12.3. The lowest BCUT2D eigenvalue weighted by Gasteiger charge is -2.20. The van der Waals surface area contributed by atoms with Crippen LogP contribution in [0, 0.1) is 0 Å². The van der Waals surface area contributed by atoms with E-state index in [0.29, 0.717) is 17.9 Å². The van der Waals surface area contributed by atoms with Crippen molar-refractivity contribution in [3.63, 3.8) is 0 Å². The fraction of sp³-hybridized carbons (Fsp3) is 0.235. The molecule has 1 aliphatic rings. The van der Waals surface area contributed by atoms with Gasteiger partial charge in [0.25, 0.3) is 5.91 Å². The number of anilines is 1. The van der Waals surface area contributed by atoms with Crippen LogP contribution >= 0.6 is 0 Å². The molecule has 1 N–H and O–H groups in total. The number of amides is 1. The Labute approximate surface area is 123 Å². The van der Waals surface area contributed by atoms with Gasteiger partial charge in [-0.25, -0.2) is 0 Å². The molecule has 4 nitrogen and oxygen atoms in total. The summed E-state index contributed by atoms with van der Waals surface area (Å²) >= 11 is 0. The van der Waals surface area contributed by atoms with E-state index in [4.69, 9.17) is 9.47 Å². The number of hydrogen-bond acceptors (Lipinski definition) is 3. The van der Waals surface area contributed by atoms with Gasteiger partial charge < -0.3 is 14.8 Å². The van der Waals surface area contributed by atoms with E-state index in [2.05, 4.69) is 5.32 Å². The van der Waals surface area contributed by atoms with E-state index in [1.165, 1.54) is 0 Å². The van der Waals surface area contributed by atoms with E-state index >= 15 is 0 Å². The first-order valence-corrected chi connectivity index (χ1v) is 6.98. The highest BCUT2D eigenvalue weighted by molar-refractivity contribution is 6.05. The molecule has 0 radical (unpaired) electrons. The van der Waals surface area contributed by atoms with Crippen LogP contribution in [0.5, 0.6) is 11.5 Å². The summed E-state index contributed by atoms with van der Waals surface area (Å²) in [6, 6.07) is 12.9. The number of hydrogen-bond donors (Lipinski definition) is 1. The van der Waals surface area contributed by atoms with E-state index in [1.54, 1.807) is 25.3 Å². The maximum Gasteiger partial charge on any atom is 0.255 e. The third-order valence-electron chi connectivity index (χ3n) is 3.51. The summed E-state index contributed by atoms with van der Waals surface area (Å²) in [6.07, 6.45) is 2.00. The molecule has 0 fully saturated rings. The minimum absolute atomic E-state index is 0.170. The van der Waals surface area contributed by atoms with Gasteiger partial charge in [0.15, 0.2) is 0 Å². The van der Waals surface area contributed by atoms with Crippen LogP contribution in [0.3, 0.4) is 0 Å². The summed E-state index contributed by atoms with van der Waals surface area (Å²) in [5, 5.41) is 2.92. The number of carbonyl (C=O) groups is 1. The van der Waals surface area contributed by atoms with Crippen molar-refractivity contribution < 1.29 is 14.3 Å². The summed E-state index contributed by atoms with van der Waals surface area (Å²) in [5.41, 5.74) is 2.42. The van der Waals surface area contributed by atoms with Gasteiger partial charge in [-0.2, -0.15) is 0 Å². The van der Waals surface area contributed by atoms with Crippen molar-refractivity contribution in [2.75, 3.05) is 19.0 Å². The smallest absolute Gasteiger partial charge is 0.255 e. The van der Waals surface area contributed by atoms with Gasteiger partial charge in [-0.15, -0.1) is 0 Å². The quantitative estimate of drug-likeness (QED) is 0.940. The summed E-state index contributed by atoms with van der Waals surface area (Å²) in [6.45, 7) is 0.693. The molecule has 0 saturated heterocycles. The number of nitrogens with one attached hydrogen (secondary N) is 1. The molecule has 0 aliphatic carbocycles. The van der Waals surface area contributed by atoms with Gasteiger partial charge in [-0.1, -0.05) is 18.2 Å². The highest BCUT2D eigenvalue weighted by Gasteiger charge is 2.16. The van der Waals surface area contributed by atoms with Crippen molar-refractivity contribution in [2.45, 2.75) is 12.8 Å². The van der Waals surface area contributed by atoms with Crippen LogP contribution in [-0.4, -0.2) is 19.6 Å². The van der Waals surface area contributed by atoms with Crippen LogP contribution in [-0.2, 0) is 6.42 Å². The number of rotatable bonds is 3. The van der Waals surface area contributed by atoms with Crippen molar-refractivity contribution in [2.24, 2.45) is 0 Å². The van der Waals surface area contributed by atoms with Crippen molar-refractivity contribution in [3.8, 4) is 11.5 Å². The van der Waals surface area contributed by atoms with E-state index < -0.39 is 0 Å². The molecule has 3 rings (SSSR count). The second-order valence-corrected chi connectivity index (χ2v) is 4.93. The van der Waals surface area contributed by atoms with Crippen molar-refractivity contribution in [3.05, 3.63) is 53.6 Å². The minimum Gasteiger partial charge on any atom is -0.497 e. The molecule has 0 aromatic heterocycles. The normalized spacial score (nSPS) is 13.0. The van der Waals surface area contributed by atoms with Crippen LogP contribution in [0.15, 0.2) is 42.5 Å². The second kappa shape index (κ2) is 5.87. The van der Waals surface area contributed by atoms with Gasteiger partial charge in [-0.05, 0) is 42.7 Å². The minimum atomic E-state index is -0.170. The van der Waals surface area contributed by atoms with Gasteiger partial charge in [-0.3, -0.25) is 4.79 Å². The van der Waals surface area contributed by atoms with E-state index in [1.807, 2.05) is 24.3 Å². The SMILES string of the molecule is COc1cccc(C(=O)Nc2cccc3c2OCCC3)c1. The first-order valence-electron chi connectivity index (χ1n) is 6.98.